The Labute approximate surface area is 152 Å². The molecule has 0 radical (unpaired) electrons. The van der Waals surface area contributed by atoms with Crippen LogP contribution in [-0.2, 0) is 4.79 Å². The van der Waals surface area contributed by atoms with Gasteiger partial charge >= 0.3 is 0 Å². The first-order valence-electron chi connectivity index (χ1n) is 7.84. The maximum Gasteiger partial charge on any atom is 0.237 e. The van der Waals surface area contributed by atoms with Crippen LogP contribution in [0.5, 0.6) is 5.75 Å². The zero-order valence-electron chi connectivity index (χ0n) is 14.1. The summed E-state index contributed by atoms with van der Waals surface area (Å²) in [7, 11) is 0. The zero-order chi connectivity index (χ0) is 17.5. The van der Waals surface area contributed by atoms with Crippen LogP contribution in [0.25, 0.3) is 0 Å². The number of anilines is 1. The van der Waals surface area contributed by atoms with Crippen LogP contribution in [-0.4, -0.2) is 23.5 Å². The van der Waals surface area contributed by atoms with Crippen molar-refractivity contribution in [2.24, 2.45) is 0 Å². The molecule has 5 heteroatoms. The molecule has 2 rings (SSSR count). The minimum Gasteiger partial charge on any atom is -0.493 e. The lowest BCUT2D eigenvalue weighted by atomic mass is 10.1. The average molecular weight is 364 g/mol. The smallest absolute Gasteiger partial charge is 0.237 e. The Morgan fingerprint density at radius 2 is 1.92 bits per heavy atom. The summed E-state index contributed by atoms with van der Waals surface area (Å²) in [6.45, 7) is 6.47. The van der Waals surface area contributed by atoms with E-state index in [1.54, 1.807) is 23.9 Å². The summed E-state index contributed by atoms with van der Waals surface area (Å²) in [5, 5.41) is 3.55. The number of amides is 1. The Morgan fingerprint density at radius 1 is 1.21 bits per heavy atom. The maximum absolute atomic E-state index is 12.3. The normalized spacial score (nSPS) is 11.8. The second-order valence-corrected chi connectivity index (χ2v) is 7.51. The number of aryl methyl sites for hydroxylation is 2. The van der Waals surface area contributed by atoms with E-state index >= 15 is 0 Å². The van der Waals surface area contributed by atoms with Gasteiger partial charge in [0, 0.05) is 16.5 Å². The highest BCUT2D eigenvalue weighted by atomic mass is 35.5. The van der Waals surface area contributed by atoms with Crippen LogP contribution < -0.4 is 10.1 Å². The highest BCUT2D eigenvalue weighted by Crippen LogP contribution is 2.20. The van der Waals surface area contributed by atoms with E-state index in [2.05, 4.69) is 5.32 Å². The van der Waals surface area contributed by atoms with Crippen molar-refractivity contribution in [3.8, 4) is 5.75 Å². The Balaban J connectivity index is 1.75. The lowest BCUT2D eigenvalue weighted by Gasteiger charge is -2.14. The number of nitrogens with one attached hydrogen (secondary N) is 1. The number of hydrogen-bond donors (Lipinski definition) is 1. The number of ether oxygens (including phenoxy) is 1. The van der Waals surface area contributed by atoms with Crippen molar-refractivity contribution in [3.63, 3.8) is 0 Å². The third-order valence-electron chi connectivity index (χ3n) is 3.55. The largest absolute Gasteiger partial charge is 0.493 e. The molecule has 0 aliphatic heterocycles. The molecule has 3 nitrogen and oxygen atoms in total. The van der Waals surface area contributed by atoms with Gasteiger partial charge in [0.05, 0.1) is 11.9 Å². The molecular formula is C19H22ClNO2S. The van der Waals surface area contributed by atoms with E-state index in [1.807, 2.05) is 51.1 Å². The Kier molecular flexibility index (Phi) is 7.00. The molecule has 0 spiro atoms. The minimum absolute atomic E-state index is 0.0141. The van der Waals surface area contributed by atoms with Crippen LogP contribution in [0.4, 0.5) is 5.69 Å². The van der Waals surface area contributed by atoms with Crippen LogP contribution in [0.1, 0.15) is 18.1 Å². The predicted molar refractivity (Wildman–Crippen MR) is 103 cm³/mol. The predicted octanol–water partition coefficient (Wildman–Crippen LogP) is 5.10. The van der Waals surface area contributed by atoms with Crippen molar-refractivity contribution in [1.29, 1.82) is 0 Å². The lowest BCUT2D eigenvalue weighted by molar-refractivity contribution is -0.115. The van der Waals surface area contributed by atoms with Crippen molar-refractivity contribution in [2.45, 2.75) is 26.0 Å². The number of halogens is 1. The van der Waals surface area contributed by atoms with Gasteiger partial charge in [0.25, 0.3) is 0 Å². The summed E-state index contributed by atoms with van der Waals surface area (Å²) in [4.78, 5) is 12.3. The minimum atomic E-state index is -0.140. The molecule has 0 unspecified atom stereocenters. The summed E-state index contributed by atoms with van der Waals surface area (Å²) in [6, 6.07) is 13.3. The lowest BCUT2D eigenvalue weighted by Crippen LogP contribution is -2.23. The van der Waals surface area contributed by atoms with Crippen molar-refractivity contribution < 1.29 is 9.53 Å². The van der Waals surface area contributed by atoms with E-state index < -0.39 is 0 Å². The van der Waals surface area contributed by atoms with Gasteiger partial charge in [-0.05, 0) is 62.2 Å². The number of benzene rings is 2. The number of carbonyl (C=O) groups excluding carboxylic acids is 1. The van der Waals surface area contributed by atoms with Crippen LogP contribution in [0, 0.1) is 13.8 Å². The molecule has 0 saturated heterocycles. The van der Waals surface area contributed by atoms with E-state index in [0.29, 0.717) is 11.6 Å². The van der Waals surface area contributed by atoms with Gasteiger partial charge in [0.1, 0.15) is 5.75 Å². The van der Waals surface area contributed by atoms with Crippen molar-refractivity contribution >= 4 is 35.0 Å². The molecule has 24 heavy (non-hydrogen) atoms. The Hall–Kier alpha value is -1.65. The standard InChI is InChI=1S/C19H22ClNO2S/c1-13-4-5-14(2)18(12-13)21-19(22)15(3)24-11-10-23-17-8-6-16(20)7-9-17/h4-9,12,15H,10-11H2,1-3H3,(H,21,22)/t15-/m1/s1. The molecule has 1 N–H and O–H groups in total. The van der Waals surface area contributed by atoms with Crippen molar-refractivity contribution in [1.82, 2.24) is 0 Å². The molecule has 2 aromatic carbocycles. The van der Waals surface area contributed by atoms with E-state index in [9.17, 15) is 4.79 Å². The van der Waals surface area contributed by atoms with Crippen LogP contribution in [0.3, 0.4) is 0 Å². The first-order valence-corrected chi connectivity index (χ1v) is 9.26. The molecule has 0 saturated carbocycles. The molecule has 0 aliphatic rings. The fraction of sp³-hybridized carbons (Fsp3) is 0.316. The summed E-state index contributed by atoms with van der Waals surface area (Å²) in [5.74, 6) is 1.54. The Bertz CT molecular complexity index is 688. The molecule has 0 fully saturated rings. The zero-order valence-corrected chi connectivity index (χ0v) is 15.7. The van der Waals surface area contributed by atoms with Gasteiger partial charge in [-0.3, -0.25) is 4.79 Å². The highest BCUT2D eigenvalue weighted by molar-refractivity contribution is 8.00. The van der Waals surface area contributed by atoms with Crippen molar-refractivity contribution in [3.05, 3.63) is 58.6 Å². The highest BCUT2D eigenvalue weighted by Gasteiger charge is 2.14. The number of rotatable bonds is 7. The second kappa shape index (κ2) is 9.00. The summed E-state index contributed by atoms with van der Waals surface area (Å²) < 4.78 is 5.63. The quantitative estimate of drug-likeness (QED) is 0.696. The van der Waals surface area contributed by atoms with Gasteiger partial charge in [-0.15, -0.1) is 11.8 Å². The van der Waals surface area contributed by atoms with E-state index in [-0.39, 0.29) is 11.2 Å². The fourth-order valence-corrected chi connectivity index (χ4v) is 2.97. The Morgan fingerprint density at radius 3 is 2.62 bits per heavy atom. The first-order chi connectivity index (χ1) is 11.5. The summed E-state index contributed by atoms with van der Waals surface area (Å²) >= 11 is 7.41. The number of carbonyl (C=O) groups is 1. The van der Waals surface area contributed by atoms with Gasteiger partial charge in [-0.25, -0.2) is 0 Å². The molecule has 1 amide bonds. The molecule has 0 heterocycles. The topological polar surface area (TPSA) is 38.3 Å². The van der Waals surface area contributed by atoms with Gasteiger partial charge in [0.15, 0.2) is 0 Å². The summed E-state index contributed by atoms with van der Waals surface area (Å²) in [6.07, 6.45) is 0. The van der Waals surface area contributed by atoms with Gasteiger partial charge < -0.3 is 10.1 Å². The third kappa shape index (κ3) is 5.77. The monoisotopic (exact) mass is 363 g/mol. The third-order valence-corrected chi connectivity index (χ3v) is 4.92. The maximum atomic E-state index is 12.3. The average Bonchev–Trinajstić information content (AvgIpc) is 2.56. The SMILES string of the molecule is Cc1ccc(C)c(NC(=O)[C@@H](C)SCCOc2ccc(Cl)cc2)c1. The second-order valence-electron chi connectivity index (χ2n) is 5.62. The van der Waals surface area contributed by atoms with Gasteiger partial charge in [-0.1, -0.05) is 23.7 Å². The number of thioether (sulfide) groups is 1. The van der Waals surface area contributed by atoms with E-state index in [4.69, 9.17) is 16.3 Å². The molecular weight excluding hydrogens is 342 g/mol. The fourth-order valence-electron chi connectivity index (χ4n) is 2.10. The molecule has 0 bridgehead atoms. The van der Waals surface area contributed by atoms with Crippen LogP contribution in [0.15, 0.2) is 42.5 Å². The molecule has 128 valence electrons. The van der Waals surface area contributed by atoms with Crippen LogP contribution in [0.2, 0.25) is 5.02 Å². The molecule has 0 aliphatic carbocycles. The van der Waals surface area contributed by atoms with E-state index in [0.717, 1.165) is 28.3 Å². The molecule has 0 aromatic heterocycles. The summed E-state index contributed by atoms with van der Waals surface area (Å²) in [5.41, 5.74) is 3.08. The van der Waals surface area contributed by atoms with Crippen molar-refractivity contribution in [2.75, 3.05) is 17.7 Å². The van der Waals surface area contributed by atoms with E-state index in [1.165, 1.54) is 0 Å². The molecule has 2 aromatic rings. The van der Waals surface area contributed by atoms with Crippen LogP contribution >= 0.6 is 23.4 Å². The van der Waals surface area contributed by atoms with Gasteiger partial charge in [-0.2, -0.15) is 0 Å². The number of hydrogen-bond acceptors (Lipinski definition) is 3. The first kappa shape index (κ1) is 18.7. The van der Waals surface area contributed by atoms with Gasteiger partial charge in [0.2, 0.25) is 5.91 Å². The molecule has 1 atom stereocenters.